The molecule has 1 aliphatic rings. The first-order valence-electron chi connectivity index (χ1n) is 9.47. The summed E-state index contributed by atoms with van der Waals surface area (Å²) in [7, 11) is 0. The van der Waals surface area contributed by atoms with Gasteiger partial charge in [-0.1, -0.05) is 11.6 Å². The Balaban J connectivity index is 1.51. The van der Waals surface area contributed by atoms with Gasteiger partial charge in [0.1, 0.15) is 16.9 Å². The molecule has 0 amide bonds. The normalized spacial score (nSPS) is 15.8. The van der Waals surface area contributed by atoms with E-state index in [9.17, 15) is 14.0 Å². The summed E-state index contributed by atoms with van der Waals surface area (Å²) < 4.78 is 19.0. The van der Waals surface area contributed by atoms with Crippen LogP contribution in [0.25, 0.3) is 0 Å². The number of nitrogens with zero attached hydrogens (tertiary/aromatic N) is 2. The van der Waals surface area contributed by atoms with Crippen LogP contribution in [0.5, 0.6) is 5.88 Å². The van der Waals surface area contributed by atoms with Crippen LogP contribution in [-0.2, 0) is 0 Å². The Morgan fingerprint density at radius 3 is 2.67 bits per heavy atom. The number of aromatic nitrogens is 1. The van der Waals surface area contributed by atoms with Crippen molar-refractivity contribution in [3.05, 3.63) is 88.3 Å². The second-order valence-electron chi connectivity index (χ2n) is 6.99. The van der Waals surface area contributed by atoms with E-state index in [1.165, 1.54) is 24.3 Å². The Labute approximate surface area is 178 Å². The van der Waals surface area contributed by atoms with Gasteiger partial charge < -0.3 is 9.64 Å². The number of benzene rings is 2. The maximum atomic E-state index is 13.1. The number of halogens is 2. The first kappa shape index (κ1) is 20.0. The fourth-order valence-electron chi connectivity index (χ4n) is 3.51. The van der Waals surface area contributed by atoms with Crippen LogP contribution in [0, 0.1) is 5.82 Å². The smallest absolute Gasteiger partial charge is 0.232 e. The molecule has 30 heavy (non-hydrogen) atoms. The van der Waals surface area contributed by atoms with Crippen LogP contribution in [0.3, 0.4) is 0 Å². The van der Waals surface area contributed by atoms with E-state index >= 15 is 0 Å². The van der Waals surface area contributed by atoms with E-state index in [0.29, 0.717) is 40.7 Å². The van der Waals surface area contributed by atoms with Crippen LogP contribution < -0.4 is 9.64 Å². The van der Waals surface area contributed by atoms with E-state index in [2.05, 4.69) is 4.98 Å². The van der Waals surface area contributed by atoms with Crippen LogP contribution in [0.2, 0.25) is 5.02 Å². The minimum absolute atomic E-state index is 0.113. The molecule has 1 unspecified atom stereocenters. The van der Waals surface area contributed by atoms with Crippen molar-refractivity contribution in [1.82, 2.24) is 4.98 Å². The van der Waals surface area contributed by atoms with Gasteiger partial charge in [0.05, 0.1) is 6.54 Å². The van der Waals surface area contributed by atoms with Crippen LogP contribution in [-0.4, -0.2) is 36.2 Å². The average Bonchev–Trinajstić information content (AvgIpc) is 3.23. The molecule has 1 aliphatic heterocycles. The summed E-state index contributed by atoms with van der Waals surface area (Å²) in [5.74, 6) is -0.285. The van der Waals surface area contributed by atoms with E-state index in [-0.39, 0.29) is 11.9 Å². The zero-order chi connectivity index (χ0) is 21.1. The number of carbonyl (C=O) groups excluding carboxylic acids is 2. The predicted molar refractivity (Wildman–Crippen MR) is 112 cm³/mol. The van der Waals surface area contributed by atoms with E-state index < -0.39 is 5.82 Å². The molecular formula is C23H18ClFN2O3. The quantitative estimate of drug-likeness (QED) is 0.428. The lowest BCUT2D eigenvalue weighted by atomic mass is 10.0. The summed E-state index contributed by atoms with van der Waals surface area (Å²) in [6, 6.07) is 13.8. The lowest BCUT2D eigenvalue weighted by molar-refractivity contribution is 0.103. The summed E-state index contributed by atoms with van der Waals surface area (Å²) in [4.78, 5) is 30.6. The highest BCUT2D eigenvalue weighted by Gasteiger charge is 2.27. The first-order valence-corrected chi connectivity index (χ1v) is 9.84. The van der Waals surface area contributed by atoms with Gasteiger partial charge in [-0.05, 0) is 54.6 Å². The summed E-state index contributed by atoms with van der Waals surface area (Å²) in [5, 5.41) is 0.452. The first-order chi connectivity index (χ1) is 14.5. The lowest BCUT2D eigenvalue weighted by Crippen LogP contribution is -2.25. The highest BCUT2D eigenvalue weighted by Crippen LogP contribution is 2.29. The summed E-state index contributed by atoms with van der Waals surface area (Å²) in [6.45, 7) is 1.26. The Morgan fingerprint density at radius 2 is 1.93 bits per heavy atom. The van der Waals surface area contributed by atoms with Gasteiger partial charge in [-0.15, -0.1) is 0 Å². The molecule has 0 spiro atoms. The molecule has 3 aromatic rings. The topological polar surface area (TPSA) is 59.5 Å². The van der Waals surface area contributed by atoms with Gasteiger partial charge in [0.25, 0.3) is 0 Å². The SMILES string of the molecule is O=Cc1cc(C(=O)c2ccc(F)cc2)ccc1N1CCC(Oc2ncccc2Cl)C1. The average molecular weight is 425 g/mol. The van der Waals surface area contributed by atoms with E-state index in [0.717, 1.165) is 18.4 Å². The highest BCUT2D eigenvalue weighted by atomic mass is 35.5. The zero-order valence-electron chi connectivity index (χ0n) is 15.9. The van der Waals surface area contributed by atoms with Gasteiger partial charge in [0, 0.05) is 41.5 Å². The number of anilines is 1. The number of hydrogen-bond acceptors (Lipinski definition) is 5. The molecule has 2 aromatic carbocycles. The third kappa shape index (κ3) is 4.19. The second kappa shape index (κ2) is 8.63. The number of ether oxygens (including phenoxy) is 1. The van der Waals surface area contributed by atoms with Crippen molar-refractivity contribution < 1.29 is 18.7 Å². The molecular weight excluding hydrogens is 407 g/mol. The molecule has 0 saturated carbocycles. The molecule has 152 valence electrons. The second-order valence-corrected chi connectivity index (χ2v) is 7.40. The molecule has 2 heterocycles. The number of hydrogen-bond donors (Lipinski definition) is 0. The van der Waals surface area contributed by atoms with Gasteiger partial charge >= 0.3 is 0 Å². The van der Waals surface area contributed by atoms with Crippen molar-refractivity contribution in [3.8, 4) is 5.88 Å². The number of aldehydes is 1. The maximum absolute atomic E-state index is 13.1. The molecule has 1 fully saturated rings. The fourth-order valence-corrected chi connectivity index (χ4v) is 3.67. The fraction of sp³-hybridized carbons (Fsp3) is 0.174. The maximum Gasteiger partial charge on any atom is 0.232 e. The number of rotatable bonds is 6. The van der Waals surface area contributed by atoms with Crippen LogP contribution >= 0.6 is 11.6 Å². The molecule has 0 aliphatic carbocycles. The van der Waals surface area contributed by atoms with E-state index in [4.69, 9.17) is 16.3 Å². The van der Waals surface area contributed by atoms with Crippen LogP contribution in [0.1, 0.15) is 32.7 Å². The summed E-state index contributed by atoms with van der Waals surface area (Å²) >= 11 is 6.11. The standard InChI is InChI=1S/C23H18ClFN2O3/c24-20-2-1-10-26-23(20)30-19-9-11-27(13-19)21-8-5-16(12-17(21)14-28)22(29)15-3-6-18(25)7-4-15/h1-8,10,12,14,19H,9,11,13H2. The van der Waals surface area contributed by atoms with E-state index in [1.807, 2.05) is 4.90 Å². The summed E-state index contributed by atoms with van der Waals surface area (Å²) in [5.41, 5.74) is 1.89. The number of ketones is 1. The Morgan fingerprint density at radius 1 is 1.17 bits per heavy atom. The van der Waals surface area contributed by atoms with Crippen LogP contribution in [0.4, 0.5) is 10.1 Å². The minimum Gasteiger partial charge on any atom is -0.471 e. The third-order valence-electron chi connectivity index (χ3n) is 5.01. The molecule has 0 bridgehead atoms. The minimum atomic E-state index is -0.409. The largest absolute Gasteiger partial charge is 0.471 e. The van der Waals surface area contributed by atoms with Crippen molar-refractivity contribution in [1.29, 1.82) is 0 Å². The molecule has 4 rings (SSSR count). The number of pyridine rings is 1. The molecule has 5 nitrogen and oxygen atoms in total. The van der Waals surface area contributed by atoms with Crippen molar-refractivity contribution in [2.75, 3.05) is 18.0 Å². The van der Waals surface area contributed by atoms with Crippen molar-refractivity contribution in [3.63, 3.8) is 0 Å². The van der Waals surface area contributed by atoms with E-state index in [1.54, 1.807) is 36.5 Å². The van der Waals surface area contributed by atoms with Gasteiger partial charge in [-0.2, -0.15) is 0 Å². The van der Waals surface area contributed by atoms with Crippen molar-refractivity contribution in [2.24, 2.45) is 0 Å². The molecule has 1 aromatic heterocycles. The lowest BCUT2D eigenvalue weighted by Gasteiger charge is -2.21. The highest BCUT2D eigenvalue weighted by molar-refractivity contribution is 6.31. The van der Waals surface area contributed by atoms with Crippen molar-refractivity contribution in [2.45, 2.75) is 12.5 Å². The predicted octanol–water partition coefficient (Wildman–Crippen LogP) is 4.58. The van der Waals surface area contributed by atoms with Gasteiger partial charge in [-0.3, -0.25) is 9.59 Å². The number of carbonyl (C=O) groups is 2. The van der Waals surface area contributed by atoms with Gasteiger partial charge in [0.2, 0.25) is 5.88 Å². The molecule has 7 heteroatoms. The Kier molecular flexibility index (Phi) is 5.77. The third-order valence-corrected chi connectivity index (χ3v) is 5.30. The van der Waals surface area contributed by atoms with Gasteiger partial charge in [0.15, 0.2) is 12.1 Å². The Hall–Kier alpha value is -3.25. The summed E-state index contributed by atoms with van der Waals surface area (Å²) in [6.07, 6.45) is 2.99. The zero-order valence-corrected chi connectivity index (χ0v) is 16.7. The molecule has 1 atom stereocenters. The van der Waals surface area contributed by atoms with Crippen molar-refractivity contribution >= 4 is 29.4 Å². The molecule has 1 saturated heterocycles. The molecule has 0 radical (unpaired) electrons. The van der Waals surface area contributed by atoms with Crippen LogP contribution in [0.15, 0.2) is 60.8 Å². The Bertz CT molecular complexity index is 1090. The monoisotopic (exact) mass is 424 g/mol. The van der Waals surface area contributed by atoms with Gasteiger partial charge in [-0.25, -0.2) is 9.37 Å². The molecule has 0 N–H and O–H groups in total.